The number of carbonyl (C=O) groups is 2. The maximum Gasteiger partial charge on any atom is 0.374 e. The van der Waals surface area contributed by atoms with Crippen LogP contribution in [0.15, 0.2) is 16.5 Å². The van der Waals surface area contributed by atoms with E-state index in [-0.39, 0.29) is 23.8 Å². The summed E-state index contributed by atoms with van der Waals surface area (Å²) in [7, 11) is 0. The number of morpholine rings is 1. The largest absolute Gasteiger partial charge is 0.454 e. The lowest BCUT2D eigenvalue weighted by Gasteiger charge is -2.48. The van der Waals surface area contributed by atoms with Gasteiger partial charge in [0.1, 0.15) is 5.76 Å². The molecule has 0 aromatic carbocycles. The molecule has 1 aliphatic heterocycles. The molecule has 26 heavy (non-hydrogen) atoms. The molecule has 0 bridgehead atoms. The molecule has 0 atom stereocenters. The van der Waals surface area contributed by atoms with Crippen LogP contribution in [-0.2, 0) is 14.3 Å². The topological polar surface area (TPSA) is 81.0 Å². The van der Waals surface area contributed by atoms with Gasteiger partial charge in [0.2, 0.25) is 5.76 Å². The number of amides is 1. The number of hydrogen-bond acceptors (Lipinski definition) is 6. The second-order valence-corrected chi connectivity index (χ2v) is 7.15. The third-order valence-corrected chi connectivity index (χ3v) is 5.36. The molecule has 2 aliphatic rings. The van der Waals surface area contributed by atoms with E-state index in [0.717, 1.165) is 39.1 Å². The van der Waals surface area contributed by atoms with Crippen LogP contribution >= 0.6 is 0 Å². The van der Waals surface area contributed by atoms with Crippen molar-refractivity contribution in [2.75, 3.05) is 39.5 Å². The molecule has 0 radical (unpaired) electrons. The molecule has 144 valence electrons. The molecular formula is C19H28N2O5. The Morgan fingerprint density at radius 1 is 1.19 bits per heavy atom. The minimum Gasteiger partial charge on any atom is -0.454 e. The number of ether oxygens (including phenoxy) is 2. The lowest BCUT2D eigenvalue weighted by molar-refractivity contribution is -0.125. The summed E-state index contributed by atoms with van der Waals surface area (Å²) in [6, 6.07) is 3.23. The van der Waals surface area contributed by atoms with Gasteiger partial charge in [-0.2, -0.15) is 0 Å². The fourth-order valence-corrected chi connectivity index (χ4v) is 3.91. The summed E-state index contributed by atoms with van der Waals surface area (Å²) < 4.78 is 15.7. The van der Waals surface area contributed by atoms with Crippen molar-refractivity contribution in [3.05, 3.63) is 23.7 Å². The number of carbonyl (C=O) groups excluding carboxylic acids is 2. The van der Waals surface area contributed by atoms with Crippen LogP contribution in [0.25, 0.3) is 0 Å². The van der Waals surface area contributed by atoms with Gasteiger partial charge in [0, 0.05) is 25.2 Å². The molecule has 0 spiro atoms. The number of furan rings is 1. The van der Waals surface area contributed by atoms with E-state index < -0.39 is 5.97 Å². The van der Waals surface area contributed by atoms with E-state index in [2.05, 4.69) is 10.2 Å². The van der Waals surface area contributed by atoms with Gasteiger partial charge < -0.3 is 19.2 Å². The highest BCUT2D eigenvalue weighted by Crippen LogP contribution is 2.33. The summed E-state index contributed by atoms with van der Waals surface area (Å²) in [6.07, 6.45) is 5.78. The second-order valence-electron chi connectivity index (χ2n) is 7.15. The van der Waals surface area contributed by atoms with Gasteiger partial charge >= 0.3 is 5.97 Å². The zero-order chi connectivity index (χ0) is 18.4. The first-order valence-corrected chi connectivity index (χ1v) is 9.42. The first-order valence-electron chi connectivity index (χ1n) is 9.42. The smallest absolute Gasteiger partial charge is 0.374 e. The van der Waals surface area contributed by atoms with Crippen LogP contribution in [0.3, 0.4) is 0 Å². The van der Waals surface area contributed by atoms with Gasteiger partial charge in [-0.1, -0.05) is 19.3 Å². The number of nitrogens with zero attached hydrogens (tertiary/aromatic N) is 1. The van der Waals surface area contributed by atoms with Crippen molar-refractivity contribution in [3.63, 3.8) is 0 Å². The summed E-state index contributed by atoms with van der Waals surface area (Å²) in [6.45, 7) is 5.34. The fraction of sp³-hybridized carbons (Fsp3) is 0.684. The van der Waals surface area contributed by atoms with E-state index >= 15 is 0 Å². The van der Waals surface area contributed by atoms with E-state index in [1.54, 1.807) is 19.1 Å². The molecule has 1 aliphatic carbocycles. The average Bonchev–Trinajstić information content (AvgIpc) is 3.12. The molecule has 1 N–H and O–H groups in total. The number of nitrogens with one attached hydrogen (secondary N) is 1. The van der Waals surface area contributed by atoms with Gasteiger partial charge in [-0.25, -0.2) is 4.79 Å². The quantitative estimate of drug-likeness (QED) is 0.777. The van der Waals surface area contributed by atoms with Gasteiger partial charge in [-0.15, -0.1) is 0 Å². The summed E-state index contributed by atoms with van der Waals surface area (Å²) in [5.74, 6) is -0.146. The van der Waals surface area contributed by atoms with Crippen LogP contribution in [0.1, 0.15) is 48.4 Å². The van der Waals surface area contributed by atoms with Crippen molar-refractivity contribution >= 4 is 11.9 Å². The summed E-state index contributed by atoms with van der Waals surface area (Å²) in [4.78, 5) is 26.5. The number of rotatable bonds is 6. The summed E-state index contributed by atoms with van der Waals surface area (Å²) in [5.41, 5.74) is -0.000176. The molecule has 1 saturated carbocycles. The second kappa shape index (κ2) is 8.68. The fourth-order valence-electron chi connectivity index (χ4n) is 3.91. The van der Waals surface area contributed by atoms with Crippen LogP contribution in [-0.4, -0.2) is 61.8 Å². The first kappa shape index (κ1) is 18.9. The maximum atomic E-state index is 12.2. The zero-order valence-corrected chi connectivity index (χ0v) is 15.4. The minimum atomic E-state index is -0.617. The third kappa shape index (κ3) is 4.65. The highest BCUT2D eigenvalue weighted by molar-refractivity contribution is 5.88. The summed E-state index contributed by atoms with van der Waals surface area (Å²) in [5, 5.41) is 2.97. The first-order chi connectivity index (χ1) is 12.6. The molecular weight excluding hydrogens is 336 g/mol. The average molecular weight is 364 g/mol. The van der Waals surface area contributed by atoms with Gasteiger partial charge in [0.25, 0.3) is 5.91 Å². The molecule has 1 amide bonds. The van der Waals surface area contributed by atoms with Crippen molar-refractivity contribution < 1.29 is 23.5 Å². The Morgan fingerprint density at radius 2 is 1.92 bits per heavy atom. The Labute approximate surface area is 154 Å². The van der Waals surface area contributed by atoms with Crippen LogP contribution in [0, 0.1) is 6.92 Å². The van der Waals surface area contributed by atoms with E-state index in [0.29, 0.717) is 12.3 Å². The van der Waals surface area contributed by atoms with Gasteiger partial charge in [-0.3, -0.25) is 9.69 Å². The van der Waals surface area contributed by atoms with Crippen LogP contribution in [0.2, 0.25) is 0 Å². The maximum absolute atomic E-state index is 12.2. The Morgan fingerprint density at radius 3 is 2.58 bits per heavy atom. The number of esters is 1. The van der Waals surface area contributed by atoms with Crippen LogP contribution in [0.4, 0.5) is 0 Å². The predicted octanol–water partition coefficient (Wildman–Crippen LogP) is 1.90. The normalized spacial score (nSPS) is 20.5. The van der Waals surface area contributed by atoms with Gasteiger partial charge in [0.15, 0.2) is 6.61 Å². The van der Waals surface area contributed by atoms with E-state index in [1.807, 2.05) is 0 Å². The molecule has 1 aromatic rings. The lowest BCUT2D eigenvalue weighted by Crippen LogP contribution is -2.59. The molecule has 2 heterocycles. The Balaban J connectivity index is 1.50. The van der Waals surface area contributed by atoms with Crippen molar-refractivity contribution in [2.24, 2.45) is 0 Å². The van der Waals surface area contributed by atoms with Gasteiger partial charge in [-0.05, 0) is 31.9 Å². The van der Waals surface area contributed by atoms with Gasteiger partial charge in [0.05, 0.1) is 13.2 Å². The molecule has 1 aromatic heterocycles. The summed E-state index contributed by atoms with van der Waals surface area (Å²) >= 11 is 0. The molecule has 0 unspecified atom stereocenters. The van der Waals surface area contributed by atoms with Crippen LogP contribution in [0.5, 0.6) is 0 Å². The highest BCUT2D eigenvalue weighted by atomic mass is 16.5. The highest BCUT2D eigenvalue weighted by Gasteiger charge is 2.38. The Kier molecular flexibility index (Phi) is 6.32. The molecule has 7 nitrogen and oxygen atoms in total. The van der Waals surface area contributed by atoms with Crippen molar-refractivity contribution in [3.8, 4) is 0 Å². The van der Waals surface area contributed by atoms with Crippen LogP contribution < -0.4 is 5.32 Å². The molecule has 7 heteroatoms. The molecule has 3 rings (SSSR count). The third-order valence-electron chi connectivity index (χ3n) is 5.36. The van der Waals surface area contributed by atoms with Crippen molar-refractivity contribution in [1.29, 1.82) is 0 Å². The number of hydrogen-bond donors (Lipinski definition) is 1. The minimum absolute atomic E-state index is 0.000176. The Bertz CT molecular complexity index is 615. The van der Waals surface area contributed by atoms with E-state index in [4.69, 9.17) is 13.9 Å². The molecule has 2 fully saturated rings. The predicted molar refractivity (Wildman–Crippen MR) is 94.9 cm³/mol. The Hall–Kier alpha value is -1.86. The van der Waals surface area contributed by atoms with Crippen molar-refractivity contribution in [2.45, 2.75) is 44.6 Å². The SMILES string of the molecule is Cc1ccc(C(=O)OCC(=O)NCC2(N3CCOCC3)CCCCC2)o1. The lowest BCUT2D eigenvalue weighted by atomic mass is 9.79. The number of aryl methyl sites for hydroxylation is 1. The van der Waals surface area contributed by atoms with E-state index in [1.165, 1.54) is 19.3 Å². The molecule has 1 saturated heterocycles. The van der Waals surface area contributed by atoms with E-state index in [9.17, 15) is 9.59 Å². The van der Waals surface area contributed by atoms with Crippen molar-refractivity contribution in [1.82, 2.24) is 10.2 Å². The monoisotopic (exact) mass is 364 g/mol. The standard InChI is InChI=1S/C19H28N2O5/c1-15-5-6-16(26-15)18(23)25-13-17(22)20-14-19(7-3-2-4-8-19)21-9-11-24-12-10-21/h5-6H,2-4,7-14H2,1H3,(H,20,22). The zero-order valence-electron chi connectivity index (χ0n) is 15.4.